The van der Waals surface area contributed by atoms with Crippen molar-refractivity contribution in [2.75, 3.05) is 19.6 Å². The fourth-order valence-corrected chi connectivity index (χ4v) is 2.87. The number of fused-ring (bicyclic) bond motifs is 1. The van der Waals surface area contributed by atoms with Gasteiger partial charge in [-0.1, -0.05) is 23.3 Å². The Morgan fingerprint density at radius 3 is 3.10 bits per heavy atom. The molecule has 1 fully saturated rings. The number of carbonyl (C=O) groups is 1. The molecule has 6 nitrogen and oxygen atoms in total. The molecule has 1 aromatic carbocycles. The van der Waals surface area contributed by atoms with Crippen LogP contribution < -0.4 is 0 Å². The van der Waals surface area contributed by atoms with Crippen LogP contribution in [0.1, 0.15) is 12.1 Å². The summed E-state index contributed by atoms with van der Waals surface area (Å²) in [4.78, 5) is 19.9. The predicted molar refractivity (Wildman–Crippen MR) is 80.7 cm³/mol. The zero-order chi connectivity index (χ0) is 14.7. The van der Waals surface area contributed by atoms with E-state index in [1.165, 1.54) is 5.39 Å². The van der Waals surface area contributed by atoms with E-state index in [1.807, 2.05) is 17.0 Å². The van der Waals surface area contributed by atoms with Crippen LogP contribution in [0.5, 0.6) is 0 Å². The van der Waals surface area contributed by atoms with Crippen molar-refractivity contribution in [2.24, 2.45) is 11.0 Å². The van der Waals surface area contributed by atoms with Gasteiger partial charge < -0.3 is 9.88 Å². The standard InChI is InChI=1S/C15H17N5O/c16-19-17-9-11-7-15(21)20(10-11)6-5-13-8-12-3-1-2-4-14(12)18-13/h1-4,8,11,18H,5-7,9-10H2. The van der Waals surface area contributed by atoms with Gasteiger partial charge in [-0.2, -0.15) is 0 Å². The maximum absolute atomic E-state index is 11.9. The molecule has 1 aliphatic rings. The third kappa shape index (κ3) is 3.01. The molecule has 0 spiro atoms. The van der Waals surface area contributed by atoms with Gasteiger partial charge in [0.1, 0.15) is 0 Å². The maximum atomic E-state index is 11.9. The fraction of sp³-hybridized carbons (Fsp3) is 0.400. The van der Waals surface area contributed by atoms with E-state index in [-0.39, 0.29) is 11.8 Å². The van der Waals surface area contributed by atoms with Crippen LogP contribution in [0, 0.1) is 5.92 Å². The van der Waals surface area contributed by atoms with Gasteiger partial charge in [0.15, 0.2) is 0 Å². The van der Waals surface area contributed by atoms with Crippen molar-refractivity contribution in [1.82, 2.24) is 9.88 Å². The summed E-state index contributed by atoms with van der Waals surface area (Å²) < 4.78 is 0. The molecular formula is C15H17N5O. The molecule has 1 saturated heterocycles. The molecule has 1 unspecified atom stereocenters. The highest BCUT2D eigenvalue weighted by molar-refractivity contribution is 5.80. The number of carbonyl (C=O) groups excluding carboxylic acids is 1. The van der Waals surface area contributed by atoms with E-state index in [1.54, 1.807) is 0 Å². The number of benzene rings is 1. The van der Waals surface area contributed by atoms with Crippen molar-refractivity contribution in [1.29, 1.82) is 0 Å². The predicted octanol–water partition coefficient (Wildman–Crippen LogP) is 2.87. The number of aromatic nitrogens is 1. The molecule has 2 heterocycles. The molecule has 2 aromatic rings. The zero-order valence-corrected chi connectivity index (χ0v) is 11.7. The first-order valence-corrected chi connectivity index (χ1v) is 7.11. The van der Waals surface area contributed by atoms with Gasteiger partial charge in [0.05, 0.1) is 0 Å². The second-order valence-corrected chi connectivity index (χ2v) is 5.46. The maximum Gasteiger partial charge on any atom is 0.222 e. The van der Waals surface area contributed by atoms with Crippen LogP contribution in [0.2, 0.25) is 0 Å². The van der Waals surface area contributed by atoms with E-state index in [9.17, 15) is 4.79 Å². The van der Waals surface area contributed by atoms with Crippen molar-refractivity contribution in [3.8, 4) is 0 Å². The first-order chi connectivity index (χ1) is 10.3. The Hall–Kier alpha value is -2.46. The number of rotatable bonds is 5. The number of H-pyrrole nitrogens is 1. The number of nitrogens with zero attached hydrogens (tertiary/aromatic N) is 4. The Morgan fingerprint density at radius 2 is 2.29 bits per heavy atom. The SMILES string of the molecule is [N-]=[N+]=NCC1CC(=O)N(CCc2cc3ccccc3[nH]2)C1. The molecule has 0 saturated carbocycles. The van der Waals surface area contributed by atoms with E-state index < -0.39 is 0 Å². The Kier molecular flexibility index (Phi) is 3.79. The molecular weight excluding hydrogens is 266 g/mol. The molecule has 21 heavy (non-hydrogen) atoms. The molecule has 0 bridgehead atoms. The molecule has 1 amide bonds. The van der Waals surface area contributed by atoms with E-state index in [2.05, 4.69) is 33.2 Å². The number of likely N-dealkylation sites (tertiary alicyclic amines) is 1. The van der Waals surface area contributed by atoms with E-state index in [4.69, 9.17) is 5.53 Å². The molecule has 1 N–H and O–H groups in total. The minimum atomic E-state index is 0.157. The van der Waals surface area contributed by atoms with Crippen LogP contribution in [-0.4, -0.2) is 35.4 Å². The summed E-state index contributed by atoms with van der Waals surface area (Å²) in [6.07, 6.45) is 1.31. The number of hydrogen-bond acceptors (Lipinski definition) is 2. The van der Waals surface area contributed by atoms with Gasteiger partial charge in [-0.25, -0.2) is 0 Å². The minimum absolute atomic E-state index is 0.157. The van der Waals surface area contributed by atoms with Crippen LogP contribution in [-0.2, 0) is 11.2 Å². The lowest BCUT2D eigenvalue weighted by Gasteiger charge is -2.15. The summed E-state index contributed by atoms with van der Waals surface area (Å²) in [6, 6.07) is 10.3. The molecule has 0 aliphatic carbocycles. The van der Waals surface area contributed by atoms with Crippen molar-refractivity contribution in [2.45, 2.75) is 12.8 Å². The summed E-state index contributed by atoms with van der Waals surface area (Å²) in [7, 11) is 0. The second-order valence-electron chi connectivity index (χ2n) is 5.46. The number of nitrogens with one attached hydrogen (secondary N) is 1. The number of hydrogen-bond donors (Lipinski definition) is 1. The van der Waals surface area contributed by atoms with Gasteiger partial charge in [0.2, 0.25) is 5.91 Å². The third-order valence-corrected chi connectivity index (χ3v) is 3.93. The largest absolute Gasteiger partial charge is 0.358 e. The van der Waals surface area contributed by atoms with Crippen LogP contribution >= 0.6 is 0 Å². The molecule has 6 heteroatoms. The fourth-order valence-electron chi connectivity index (χ4n) is 2.87. The van der Waals surface area contributed by atoms with E-state index in [0.717, 1.165) is 17.6 Å². The van der Waals surface area contributed by atoms with Crippen molar-refractivity contribution < 1.29 is 4.79 Å². The summed E-state index contributed by atoms with van der Waals surface area (Å²) in [5, 5.41) is 4.76. The van der Waals surface area contributed by atoms with Gasteiger partial charge in [-0.05, 0) is 29.0 Å². The highest BCUT2D eigenvalue weighted by Gasteiger charge is 2.28. The van der Waals surface area contributed by atoms with Crippen LogP contribution in [0.4, 0.5) is 0 Å². The average molecular weight is 283 g/mol. The average Bonchev–Trinajstić information content (AvgIpc) is 3.05. The first-order valence-electron chi connectivity index (χ1n) is 7.11. The second kappa shape index (κ2) is 5.89. The lowest BCUT2D eigenvalue weighted by atomic mass is 10.1. The van der Waals surface area contributed by atoms with Gasteiger partial charge in [-0.15, -0.1) is 0 Å². The number of para-hydroxylation sites is 1. The summed E-state index contributed by atoms with van der Waals surface area (Å²) in [5.41, 5.74) is 10.6. The van der Waals surface area contributed by atoms with Crippen LogP contribution in [0.15, 0.2) is 35.4 Å². The van der Waals surface area contributed by atoms with Gasteiger partial charge in [0.25, 0.3) is 0 Å². The zero-order valence-electron chi connectivity index (χ0n) is 11.7. The quantitative estimate of drug-likeness (QED) is 0.510. The van der Waals surface area contributed by atoms with Gasteiger partial charge >= 0.3 is 0 Å². The van der Waals surface area contributed by atoms with Gasteiger partial charge in [-0.3, -0.25) is 4.79 Å². The summed E-state index contributed by atoms with van der Waals surface area (Å²) >= 11 is 0. The molecule has 3 rings (SSSR count). The van der Waals surface area contributed by atoms with Crippen molar-refractivity contribution in [3.63, 3.8) is 0 Å². The summed E-state index contributed by atoms with van der Waals surface area (Å²) in [6.45, 7) is 1.81. The Balaban J connectivity index is 1.59. The first kappa shape index (κ1) is 13.5. The Bertz CT molecular complexity index is 668. The van der Waals surface area contributed by atoms with Gasteiger partial charge in [0, 0.05) is 48.6 Å². The van der Waals surface area contributed by atoms with E-state index >= 15 is 0 Å². The number of azide groups is 1. The highest BCUT2D eigenvalue weighted by atomic mass is 16.2. The monoisotopic (exact) mass is 283 g/mol. The summed E-state index contributed by atoms with van der Waals surface area (Å²) in [5.74, 6) is 0.320. The highest BCUT2D eigenvalue weighted by Crippen LogP contribution is 2.20. The minimum Gasteiger partial charge on any atom is -0.358 e. The topological polar surface area (TPSA) is 84.9 Å². The molecule has 0 radical (unpaired) electrons. The van der Waals surface area contributed by atoms with Crippen molar-refractivity contribution in [3.05, 3.63) is 46.5 Å². The smallest absolute Gasteiger partial charge is 0.222 e. The molecule has 108 valence electrons. The Labute approximate surface area is 122 Å². The molecule has 1 aromatic heterocycles. The lowest BCUT2D eigenvalue weighted by molar-refractivity contribution is -0.127. The van der Waals surface area contributed by atoms with Crippen LogP contribution in [0.25, 0.3) is 21.3 Å². The number of amides is 1. The molecule has 1 aliphatic heterocycles. The van der Waals surface area contributed by atoms with E-state index in [0.29, 0.717) is 26.1 Å². The Morgan fingerprint density at radius 1 is 1.43 bits per heavy atom. The van der Waals surface area contributed by atoms with Crippen molar-refractivity contribution >= 4 is 16.8 Å². The normalized spacial score (nSPS) is 18.2. The molecule has 1 atom stereocenters. The number of aromatic amines is 1. The van der Waals surface area contributed by atoms with Crippen LogP contribution in [0.3, 0.4) is 0 Å². The lowest BCUT2D eigenvalue weighted by Crippen LogP contribution is -2.27. The third-order valence-electron chi connectivity index (χ3n) is 3.93.